The van der Waals surface area contributed by atoms with Gasteiger partial charge in [-0.1, -0.05) is 25.2 Å². The number of aromatic nitrogens is 4. The molecular formula is C10H17N5S. The van der Waals surface area contributed by atoms with E-state index in [2.05, 4.69) is 29.1 Å². The number of fused-ring (bicyclic) bond motifs is 1. The molecule has 0 bridgehead atoms. The summed E-state index contributed by atoms with van der Waals surface area (Å²) in [4.78, 5) is 0.856. The van der Waals surface area contributed by atoms with Gasteiger partial charge >= 0.3 is 0 Å². The zero-order chi connectivity index (χ0) is 11.7. The van der Waals surface area contributed by atoms with E-state index >= 15 is 0 Å². The van der Waals surface area contributed by atoms with Gasteiger partial charge in [-0.2, -0.15) is 9.61 Å². The summed E-state index contributed by atoms with van der Waals surface area (Å²) in [6.07, 6.45) is 1.07. The highest BCUT2D eigenvalue weighted by atomic mass is 32.1. The minimum atomic E-state index is 0.339. The predicted octanol–water partition coefficient (Wildman–Crippen LogP) is 1.58. The Labute approximate surface area is 98.7 Å². The van der Waals surface area contributed by atoms with Gasteiger partial charge in [-0.05, 0) is 19.3 Å². The summed E-state index contributed by atoms with van der Waals surface area (Å²) < 4.78 is 1.79. The topological polar surface area (TPSA) is 69.1 Å². The number of hydrogen-bond donors (Lipinski definition) is 1. The van der Waals surface area contributed by atoms with Crippen molar-refractivity contribution in [2.45, 2.75) is 33.1 Å². The van der Waals surface area contributed by atoms with Crippen LogP contribution in [0.5, 0.6) is 0 Å². The van der Waals surface area contributed by atoms with Crippen LogP contribution in [0.25, 0.3) is 4.96 Å². The standard InChI is InChI=1S/C10H17N5S/c1-6(2)4-8(5-11)9-14-15-7(3)12-13-10(15)16-9/h6,8H,4-5,11H2,1-3H3. The molecule has 1 unspecified atom stereocenters. The average Bonchev–Trinajstić information content (AvgIpc) is 2.77. The maximum Gasteiger partial charge on any atom is 0.234 e. The van der Waals surface area contributed by atoms with Crippen LogP contribution in [0.2, 0.25) is 0 Å². The molecule has 0 aliphatic heterocycles. The van der Waals surface area contributed by atoms with Crippen molar-refractivity contribution in [2.75, 3.05) is 6.54 Å². The predicted molar refractivity (Wildman–Crippen MR) is 64.6 cm³/mol. The van der Waals surface area contributed by atoms with Crippen molar-refractivity contribution in [1.29, 1.82) is 0 Å². The average molecular weight is 239 g/mol. The first-order valence-corrected chi connectivity index (χ1v) is 6.32. The third kappa shape index (κ3) is 2.08. The van der Waals surface area contributed by atoms with Gasteiger partial charge in [0.15, 0.2) is 5.82 Å². The molecule has 0 aliphatic rings. The quantitative estimate of drug-likeness (QED) is 0.879. The van der Waals surface area contributed by atoms with Crippen molar-refractivity contribution in [2.24, 2.45) is 11.7 Å². The van der Waals surface area contributed by atoms with Gasteiger partial charge in [-0.3, -0.25) is 0 Å². The fourth-order valence-electron chi connectivity index (χ4n) is 1.76. The van der Waals surface area contributed by atoms with Crippen LogP contribution in [0.15, 0.2) is 0 Å². The number of rotatable bonds is 4. The Balaban J connectivity index is 2.30. The van der Waals surface area contributed by atoms with Gasteiger partial charge in [0.2, 0.25) is 4.96 Å². The van der Waals surface area contributed by atoms with E-state index in [1.54, 1.807) is 15.9 Å². The lowest BCUT2D eigenvalue weighted by Gasteiger charge is -2.13. The van der Waals surface area contributed by atoms with Gasteiger partial charge in [0.05, 0.1) is 0 Å². The summed E-state index contributed by atoms with van der Waals surface area (Å²) in [6.45, 7) is 6.95. The summed E-state index contributed by atoms with van der Waals surface area (Å²) in [5, 5.41) is 13.6. The fraction of sp³-hybridized carbons (Fsp3) is 0.700. The molecule has 0 saturated carbocycles. The van der Waals surface area contributed by atoms with Crippen molar-refractivity contribution < 1.29 is 0 Å². The van der Waals surface area contributed by atoms with E-state index in [1.807, 2.05) is 6.92 Å². The minimum absolute atomic E-state index is 0.339. The monoisotopic (exact) mass is 239 g/mol. The molecule has 6 heteroatoms. The molecule has 16 heavy (non-hydrogen) atoms. The molecule has 2 aromatic heterocycles. The van der Waals surface area contributed by atoms with Gasteiger partial charge in [0.1, 0.15) is 5.01 Å². The van der Waals surface area contributed by atoms with Crippen LogP contribution in [-0.2, 0) is 0 Å². The molecule has 0 saturated heterocycles. The van der Waals surface area contributed by atoms with Crippen LogP contribution in [0.1, 0.15) is 37.0 Å². The molecular weight excluding hydrogens is 222 g/mol. The van der Waals surface area contributed by atoms with Gasteiger partial charge in [-0.15, -0.1) is 10.2 Å². The Morgan fingerprint density at radius 2 is 2.12 bits per heavy atom. The van der Waals surface area contributed by atoms with Gasteiger partial charge < -0.3 is 5.73 Å². The molecule has 1 atom stereocenters. The zero-order valence-electron chi connectivity index (χ0n) is 9.84. The second-order valence-corrected chi connectivity index (χ2v) is 5.43. The van der Waals surface area contributed by atoms with E-state index in [4.69, 9.17) is 5.73 Å². The first kappa shape index (κ1) is 11.5. The molecule has 88 valence electrons. The van der Waals surface area contributed by atoms with Crippen molar-refractivity contribution in [3.63, 3.8) is 0 Å². The van der Waals surface area contributed by atoms with Crippen molar-refractivity contribution in [1.82, 2.24) is 19.8 Å². The molecule has 2 heterocycles. The molecule has 2 rings (SSSR count). The molecule has 0 amide bonds. The highest BCUT2D eigenvalue weighted by Crippen LogP contribution is 2.26. The zero-order valence-corrected chi connectivity index (χ0v) is 10.7. The molecule has 0 radical (unpaired) electrons. The number of nitrogens with zero attached hydrogens (tertiary/aromatic N) is 4. The van der Waals surface area contributed by atoms with E-state index in [-0.39, 0.29) is 0 Å². The molecule has 0 fully saturated rings. The molecule has 0 aliphatic carbocycles. The summed E-state index contributed by atoms with van der Waals surface area (Å²) in [5.41, 5.74) is 5.80. The summed E-state index contributed by atoms with van der Waals surface area (Å²) in [7, 11) is 0. The smallest absolute Gasteiger partial charge is 0.234 e. The van der Waals surface area contributed by atoms with Crippen LogP contribution in [0, 0.1) is 12.8 Å². The number of nitrogens with two attached hydrogens (primary N) is 1. The number of hydrogen-bond acceptors (Lipinski definition) is 5. The summed E-state index contributed by atoms with van der Waals surface area (Å²) in [5.74, 6) is 1.80. The fourth-order valence-corrected chi connectivity index (χ4v) is 2.77. The Morgan fingerprint density at radius 3 is 2.69 bits per heavy atom. The summed E-state index contributed by atoms with van der Waals surface area (Å²) >= 11 is 1.59. The largest absolute Gasteiger partial charge is 0.330 e. The van der Waals surface area contributed by atoms with E-state index < -0.39 is 0 Å². The lowest BCUT2D eigenvalue weighted by atomic mass is 9.98. The van der Waals surface area contributed by atoms with Gasteiger partial charge in [0, 0.05) is 12.5 Å². The van der Waals surface area contributed by atoms with Gasteiger partial charge in [-0.25, -0.2) is 0 Å². The van der Waals surface area contributed by atoms with Crippen LogP contribution >= 0.6 is 11.3 Å². The van der Waals surface area contributed by atoms with Gasteiger partial charge in [0.25, 0.3) is 0 Å². The maximum absolute atomic E-state index is 5.80. The molecule has 2 aromatic rings. The lowest BCUT2D eigenvalue weighted by molar-refractivity contribution is 0.499. The normalized spacial score (nSPS) is 13.8. The van der Waals surface area contributed by atoms with Crippen molar-refractivity contribution >= 4 is 16.3 Å². The third-order valence-electron chi connectivity index (χ3n) is 2.55. The van der Waals surface area contributed by atoms with E-state index in [0.29, 0.717) is 18.4 Å². The lowest BCUT2D eigenvalue weighted by Crippen LogP contribution is -2.14. The van der Waals surface area contributed by atoms with E-state index in [0.717, 1.165) is 22.2 Å². The maximum atomic E-state index is 5.80. The molecule has 5 nitrogen and oxygen atoms in total. The van der Waals surface area contributed by atoms with Crippen molar-refractivity contribution in [3.05, 3.63) is 10.8 Å². The second-order valence-electron chi connectivity index (χ2n) is 4.44. The van der Waals surface area contributed by atoms with Crippen LogP contribution in [-0.4, -0.2) is 26.4 Å². The molecule has 0 aromatic carbocycles. The van der Waals surface area contributed by atoms with Crippen LogP contribution < -0.4 is 5.73 Å². The first-order chi connectivity index (χ1) is 7.61. The minimum Gasteiger partial charge on any atom is -0.330 e. The Bertz CT molecular complexity index is 472. The Hall–Kier alpha value is -1.01. The first-order valence-electron chi connectivity index (χ1n) is 5.50. The van der Waals surface area contributed by atoms with Crippen LogP contribution in [0.3, 0.4) is 0 Å². The molecule has 0 spiro atoms. The highest BCUT2D eigenvalue weighted by Gasteiger charge is 2.18. The second kappa shape index (κ2) is 4.47. The van der Waals surface area contributed by atoms with E-state index in [1.165, 1.54) is 0 Å². The molecule has 2 N–H and O–H groups in total. The Morgan fingerprint density at radius 1 is 1.38 bits per heavy atom. The number of aryl methyl sites for hydroxylation is 1. The van der Waals surface area contributed by atoms with Crippen LogP contribution in [0.4, 0.5) is 0 Å². The third-order valence-corrected chi connectivity index (χ3v) is 3.61. The SMILES string of the molecule is Cc1nnc2sc(C(CN)CC(C)C)nn12. The Kier molecular flexibility index (Phi) is 3.20. The van der Waals surface area contributed by atoms with Crippen molar-refractivity contribution in [3.8, 4) is 0 Å². The van der Waals surface area contributed by atoms with E-state index in [9.17, 15) is 0 Å². The highest BCUT2D eigenvalue weighted by molar-refractivity contribution is 7.16. The summed E-state index contributed by atoms with van der Waals surface area (Å²) in [6, 6.07) is 0.